The number of rotatable bonds is 7. The van der Waals surface area contributed by atoms with Crippen molar-refractivity contribution in [3.63, 3.8) is 0 Å². The van der Waals surface area contributed by atoms with Crippen LogP contribution >= 0.6 is 0 Å². The first kappa shape index (κ1) is 20.2. The van der Waals surface area contributed by atoms with E-state index in [0.29, 0.717) is 0 Å². The lowest BCUT2D eigenvalue weighted by atomic mass is 9.88. The van der Waals surface area contributed by atoms with Crippen LogP contribution in [0.1, 0.15) is 51.5 Å². The average molecular weight is 381 g/mol. The fourth-order valence-corrected chi connectivity index (χ4v) is 3.86. The number of aryl methyl sites for hydroxylation is 1. The molecule has 3 rings (SSSR count). The molecule has 150 valence electrons. The molecule has 2 N–H and O–H groups in total. The van der Waals surface area contributed by atoms with Crippen LogP contribution in [0.3, 0.4) is 0 Å². The van der Waals surface area contributed by atoms with Gasteiger partial charge in [-0.05, 0) is 69.5 Å². The second-order valence-corrected chi connectivity index (χ2v) is 7.55. The molecule has 0 aliphatic heterocycles. The summed E-state index contributed by atoms with van der Waals surface area (Å²) in [6.45, 7) is 8.44. The molecule has 0 atom stereocenters. The first-order valence-electron chi connectivity index (χ1n) is 10.5. The van der Waals surface area contributed by atoms with Crippen molar-refractivity contribution < 1.29 is 4.79 Å². The van der Waals surface area contributed by atoms with Crippen molar-refractivity contribution in [1.82, 2.24) is 4.98 Å². The van der Waals surface area contributed by atoms with Gasteiger partial charge in [-0.15, -0.1) is 0 Å². The second kappa shape index (κ2) is 9.58. The van der Waals surface area contributed by atoms with Crippen molar-refractivity contribution in [3.8, 4) is 0 Å². The van der Waals surface area contributed by atoms with Crippen molar-refractivity contribution in [1.29, 1.82) is 0 Å². The number of nitrogens with zero attached hydrogens (tertiary/aromatic N) is 2. The zero-order valence-electron chi connectivity index (χ0n) is 17.3. The summed E-state index contributed by atoms with van der Waals surface area (Å²) in [5, 5.41) is 6.39. The van der Waals surface area contributed by atoms with Crippen molar-refractivity contribution in [2.45, 2.75) is 52.9 Å². The Bertz CT molecular complexity index is 778. The van der Waals surface area contributed by atoms with Gasteiger partial charge in [-0.3, -0.25) is 4.79 Å². The molecule has 0 radical (unpaired) electrons. The summed E-state index contributed by atoms with van der Waals surface area (Å²) in [7, 11) is 0. The maximum atomic E-state index is 12.4. The van der Waals surface area contributed by atoms with E-state index in [0.717, 1.165) is 56.0 Å². The third-order valence-corrected chi connectivity index (χ3v) is 5.61. The molecule has 1 fully saturated rings. The van der Waals surface area contributed by atoms with Crippen LogP contribution in [0.2, 0.25) is 0 Å². The molecule has 2 aromatic rings. The zero-order chi connectivity index (χ0) is 19.9. The first-order chi connectivity index (χ1) is 13.6. The minimum atomic E-state index is 0.130. The summed E-state index contributed by atoms with van der Waals surface area (Å²) < 4.78 is 0. The minimum Gasteiger partial charge on any atom is -0.372 e. The van der Waals surface area contributed by atoms with E-state index in [9.17, 15) is 4.79 Å². The lowest BCUT2D eigenvalue weighted by Crippen LogP contribution is -2.24. The van der Waals surface area contributed by atoms with E-state index in [-0.39, 0.29) is 11.8 Å². The van der Waals surface area contributed by atoms with Crippen LogP contribution in [0.5, 0.6) is 0 Å². The quantitative estimate of drug-likeness (QED) is 0.666. The smallest absolute Gasteiger partial charge is 0.227 e. The number of aromatic nitrogens is 1. The van der Waals surface area contributed by atoms with E-state index in [1.54, 1.807) is 6.20 Å². The monoisotopic (exact) mass is 380 g/mol. The molecule has 1 saturated carbocycles. The molecular formula is C23H32N4O. The van der Waals surface area contributed by atoms with E-state index in [2.05, 4.69) is 59.5 Å². The number of hydrogen-bond acceptors (Lipinski definition) is 4. The van der Waals surface area contributed by atoms with Crippen LogP contribution < -0.4 is 15.5 Å². The number of carbonyl (C=O) groups is 1. The van der Waals surface area contributed by atoms with Gasteiger partial charge in [-0.1, -0.05) is 19.3 Å². The summed E-state index contributed by atoms with van der Waals surface area (Å²) >= 11 is 0. The molecule has 1 aliphatic rings. The van der Waals surface area contributed by atoms with Crippen molar-refractivity contribution in [3.05, 3.63) is 42.1 Å². The molecule has 1 aliphatic carbocycles. The molecule has 1 aromatic heterocycles. The van der Waals surface area contributed by atoms with Crippen molar-refractivity contribution in [2.24, 2.45) is 5.92 Å². The highest BCUT2D eigenvalue weighted by Gasteiger charge is 2.21. The molecular weight excluding hydrogens is 348 g/mol. The Morgan fingerprint density at radius 2 is 1.86 bits per heavy atom. The van der Waals surface area contributed by atoms with Crippen LogP contribution in [-0.4, -0.2) is 24.0 Å². The summed E-state index contributed by atoms with van der Waals surface area (Å²) in [6.07, 6.45) is 7.30. The predicted octanol–water partition coefficient (Wildman–Crippen LogP) is 5.50. The van der Waals surface area contributed by atoms with E-state index >= 15 is 0 Å². The van der Waals surface area contributed by atoms with Gasteiger partial charge in [0.25, 0.3) is 0 Å². The summed E-state index contributed by atoms with van der Waals surface area (Å²) in [5.41, 5.74) is 4.22. The molecule has 0 bridgehead atoms. The van der Waals surface area contributed by atoms with Crippen molar-refractivity contribution >= 4 is 28.8 Å². The lowest BCUT2D eigenvalue weighted by Gasteiger charge is -2.22. The lowest BCUT2D eigenvalue weighted by molar-refractivity contribution is -0.120. The highest BCUT2D eigenvalue weighted by molar-refractivity contribution is 5.92. The van der Waals surface area contributed by atoms with Gasteiger partial charge in [-0.2, -0.15) is 0 Å². The number of nitrogens with one attached hydrogen (secondary N) is 2. The molecule has 28 heavy (non-hydrogen) atoms. The first-order valence-corrected chi connectivity index (χ1v) is 10.5. The Morgan fingerprint density at radius 3 is 2.46 bits per heavy atom. The van der Waals surface area contributed by atoms with Gasteiger partial charge in [0, 0.05) is 30.4 Å². The molecule has 0 saturated heterocycles. The molecule has 0 spiro atoms. The maximum absolute atomic E-state index is 12.4. The zero-order valence-corrected chi connectivity index (χ0v) is 17.3. The van der Waals surface area contributed by atoms with Crippen molar-refractivity contribution in [2.75, 3.05) is 28.6 Å². The largest absolute Gasteiger partial charge is 0.372 e. The Hall–Kier alpha value is -2.56. The Kier molecular flexibility index (Phi) is 6.90. The Labute approximate surface area is 168 Å². The average Bonchev–Trinajstić information content (AvgIpc) is 2.73. The Balaban J connectivity index is 1.61. The molecule has 5 nitrogen and oxygen atoms in total. The third-order valence-electron chi connectivity index (χ3n) is 5.61. The fourth-order valence-electron chi connectivity index (χ4n) is 3.86. The number of benzene rings is 1. The summed E-state index contributed by atoms with van der Waals surface area (Å²) in [4.78, 5) is 19.2. The fraction of sp³-hybridized carbons (Fsp3) is 0.478. The predicted molar refractivity (Wildman–Crippen MR) is 117 cm³/mol. The standard InChI is InChI=1S/C23H32N4O/c1-4-27(5-2)20-12-13-21(17(3)15-20)26-22-14-11-19(16-24-22)25-23(28)18-9-7-6-8-10-18/h11-16,18H,4-10H2,1-3H3,(H,24,26)(H,25,28). The summed E-state index contributed by atoms with van der Waals surface area (Å²) in [6, 6.07) is 10.3. The normalized spacial score (nSPS) is 14.5. The van der Waals surface area contributed by atoms with Gasteiger partial charge in [-0.25, -0.2) is 4.98 Å². The highest BCUT2D eigenvalue weighted by Crippen LogP contribution is 2.27. The van der Waals surface area contributed by atoms with Gasteiger partial charge < -0.3 is 15.5 Å². The van der Waals surface area contributed by atoms with Gasteiger partial charge >= 0.3 is 0 Å². The number of amides is 1. The number of anilines is 4. The van der Waals surface area contributed by atoms with Crippen LogP contribution in [0.25, 0.3) is 0 Å². The SMILES string of the molecule is CCN(CC)c1ccc(Nc2ccc(NC(=O)C3CCCCC3)cn2)c(C)c1. The maximum Gasteiger partial charge on any atom is 0.227 e. The van der Waals surface area contributed by atoms with Crippen LogP contribution in [0.15, 0.2) is 36.5 Å². The molecule has 5 heteroatoms. The third kappa shape index (κ3) is 5.03. The Morgan fingerprint density at radius 1 is 1.11 bits per heavy atom. The van der Waals surface area contributed by atoms with E-state index in [1.165, 1.54) is 17.7 Å². The van der Waals surface area contributed by atoms with E-state index < -0.39 is 0 Å². The van der Waals surface area contributed by atoms with E-state index in [4.69, 9.17) is 0 Å². The number of carbonyl (C=O) groups excluding carboxylic acids is 1. The summed E-state index contributed by atoms with van der Waals surface area (Å²) in [5.74, 6) is 1.05. The van der Waals surface area contributed by atoms with Gasteiger partial charge in [0.2, 0.25) is 5.91 Å². The van der Waals surface area contributed by atoms with Crippen LogP contribution in [0.4, 0.5) is 22.9 Å². The minimum absolute atomic E-state index is 0.130. The van der Waals surface area contributed by atoms with Gasteiger partial charge in [0.05, 0.1) is 11.9 Å². The molecule has 1 heterocycles. The van der Waals surface area contributed by atoms with Gasteiger partial charge in [0.1, 0.15) is 5.82 Å². The number of hydrogen-bond donors (Lipinski definition) is 2. The van der Waals surface area contributed by atoms with Crippen LogP contribution in [-0.2, 0) is 4.79 Å². The molecule has 0 unspecified atom stereocenters. The molecule has 1 aromatic carbocycles. The molecule has 1 amide bonds. The van der Waals surface area contributed by atoms with E-state index in [1.807, 2.05) is 12.1 Å². The van der Waals surface area contributed by atoms with Crippen LogP contribution in [0, 0.1) is 12.8 Å². The van der Waals surface area contributed by atoms with Gasteiger partial charge in [0.15, 0.2) is 0 Å². The second-order valence-electron chi connectivity index (χ2n) is 7.55. The topological polar surface area (TPSA) is 57.3 Å². The highest BCUT2D eigenvalue weighted by atomic mass is 16.1. The number of pyridine rings is 1.